The van der Waals surface area contributed by atoms with Gasteiger partial charge in [0, 0.05) is 5.56 Å². The molecule has 0 spiro atoms. The van der Waals surface area contributed by atoms with E-state index in [4.69, 9.17) is 14.2 Å². The Hall–Kier alpha value is -3.47. The van der Waals surface area contributed by atoms with Crippen molar-refractivity contribution in [1.29, 1.82) is 0 Å². The Kier molecular flexibility index (Phi) is 8.55. The van der Waals surface area contributed by atoms with Crippen LogP contribution in [0, 0.1) is 0 Å². The third kappa shape index (κ3) is 6.27. The maximum absolute atomic E-state index is 13.1. The van der Waals surface area contributed by atoms with E-state index in [0.717, 1.165) is 18.4 Å². The van der Waals surface area contributed by atoms with Crippen molar-refractivity contribution < 1.29 is 19.0 Å². The second-order valence-corrected chi connectivity index (χ2v) is 7.35. The highest BCUT2D eigenvalue weighted by atomic mass is 16.5. The summed E-state index contributed by atoms with van der Waals surface area (Å²) in [4.78, 5) is 13.1. The SMILES string of the molecule is CCOc1ccc(C(CCc2ccccc2)NC(=O)c2cccc(OC)c2)cc1OCC. The fourth-order valence-electron chi connectivity index (χ4n) is 3.57. The van der Waals surface area contributed by atoms with E-state index < -0.39 is 0 Å². The highest BCUT2D eigenvalue weighted by Gasteiger charge is 2.19. The average molecular weight is 434 g/mol. The fraction of sp³-hybridized carbons (Fsp3) is 0.296. The van der Waals surface area contributed by atoms with Crippen LogP contribution in [0.4, 0.5) is 0 Å². The van der Waals surface area contributed by atoms with Gasteiger partial charge >= 0.3 is 0 Å². The van der Waals surface area contributed by atoms with Crippen LogP contribution in [0.5, 0.6) is 17.2 Å². The van der Waals surface area contributed by atoms with Crippen LogP contribution in [0.15, 0.2) is 72.8 Å². The zero-order valence-corrected chi connectivity index (χ0v) is 19.0. The largest absolute Gasteiger partial charge is 0.497 e. The summed E-state index contributed by atoms with van der Waals surface area (Å²) < 4.78 is 16.8. The first kappa shape index (κ1) is 23.2. The summed E-state index contributed by atoms with van der Waals surface area (Å²) >= 11 is 0. The van der Waals surface area contributed by atoms with Crippen LogP contribution < -0.4 is 19.5 Å². The first-order valence-electron chi connectivity index (χ1n) is 11.0. The summed E-state index contributed by atoms with van der Waals surface area (Å²) in [5.74, 6) is 1.90. The Labute approximate surface area is 190 Å². The lowest BCUT2D eigenvalue weighted by Gasteiger charge is -2.21. The number of aryl methyl sites for hydroxylation is 1. The van der Waals surface area contributed by atoms with Crippen LogP contribution in [-0.4, -0.2) is 26.2 Å². The summed E-state index contributed by atoms with van der Waals surface area (Å²) in [5, 5.41) is 3.20. The van der Waals surface area contributed by atoms with Gasteiger partial charge in [0.1, 0.15) is 5.75 Å². The molecule has 1 N–H and O–H groups in total. The molecule has 1 unspecified atom stereocenters. The predicted molar refractivity (Wildman–Crippen MR) is 127 cm³/mol. The van der Waals surface area contributed by atoms with Crippen LogP contribution in [0.1, 0.15) is 47.8 Å². The van der Waals surface area contributed by atoms with Crippen molar-refractivity contribution in [2.24, 2.45) is 0 Å². The molecule has 3 rings (SSSR count). The topological polar surface area (TPSA) is 56.8 Å². The number of hydrogen-bond donors (Lipinski definition) is 1. The minimum absolute atomic E-state index is 0.145. The molecule has 168 valence electrons. The van der Waals surface area contributed by atoms with Gasteiger partial charge in [0.05, 0.1) is 26.4 Å². The number of carbonyl (C=O) groups is 1. The maximum atomic E-state index is 13.1. The van der Waals surface area contributed by atoms with Crippen LogP contribution >= 0.6 is 0 Å². The molecule has 0 bridgehead atoms. The highest BCUT2D eigenvalue weighted by Crippen LogP contribution is 2.32. The van der Waals surface area contributed by atoms with E-state index >= 15 is 0 Å². The zero-order valence-electron chi connectivity index (χ0n) is 19.0. The van der Waals surface area contributed by atoms with Gasteiger partial charge in [-0.1, -0.05) is 42.5 Å². The lowest BCUT2D eigenvalue weighted by Crippen LogP contribution is -2.29. The molecule has 3 aromatic rings. The standard InChI is InChI=1S/C27H31NO4/c1-4-31-25-17-15-21(19-26(25)32-5-2)24(16-14-20-10-7-6-8-11-20)28-27(29)22-12-9-13-23(18-22)30-3/h6-13,15,17-19,24H,4-5,14,16H2,1-3H3,(H,28,29). The highest BCUT2D eigenvalue weighted by molar-refractivity contribution is 5.94. The van der Waals surface area contributed by atoms with Gasteiger partial charge in [-0.05, 0) is 68.1 Å². The third-order valence-corrected chi connectivity index (χ3v) is 5.17. The molecule has 1 atom stereocenters. The van der Waals surface area contributed by atoms with E-state index in [-0.39, 0.29) is 11.9 Å². The Morgan fingerprint density at radius 2 is 1.62 bits per heavy atom. The Balaban J connectivity index is 1.87. The van der Waals surface area contributed by atoms with Gasteiger partial charge in [0.25, 0.3) is 5.91 Å². The molecular weight excluding hydrogens is 402 g/mol. The summed E-state index contributed by atoms with van der Waals surface area (Å²) in [5.41, 5.74) is 2.76. The Morgan fingerprint density at radius 1 is 0.875 bits per heavy atom. The Morgan fingerprint density at radius 3 is 2.34 bits per heavy atom. The Bertz CT molecular complexity index is 1000. The molecule has 0 saturated heterocycles. The van der Waals surface area contributed by atoms with Crippen LogP contribution in [0.2, 0.25) is 0 Å². The number of benzene rings is 3. The van der Waals surface area contributed by atoms with E-state index in [0.29, 0.717) is 36.0 Å². The maximum Gasteiger partial charge on any atom is 0.251 e. The average Bonchev–Trinajstić information content (AvgIpc) is 2.83. The van der Waals surface area contributed by atoms with E-state index in [1.165, 1.54) is 5.56 Å². The molecule has 0 fully saturated rings. The number of carbonyl (C=O) groups excluding carboxylic acids is 1. The van der Waals surface area contributed by atoms with Gasteiger partial charge in [-0.3, -0.25) is 4.79 Å². The lowest BCUT2D eigenvalue weighted by molar-refractivity contribution is 0.0934. The number of hydrogen-bond acceptors (Lipinski definition) is 4. The summed E-state index contributed by atoms with van der Waals surface area (Å²) in [6.45, 7) is 4.98. The molecule has 3 aromatic carbocycles. The van der Waals surface area contributed by atoms with E-state index in [9.17, 15) is 4.79 Å². The van der Waals surface area contributed by atoms with Crippen molar-refractivity contribution in [1.82, 2.24) is 5.32 Å². The molecular formula is C27H31NO4. The summed E-state index contributed by atoms with van der Waals surface area (Å²) in [7, 11) is 1.59. The van der Waals surface area contributed by atoms with Crippen LogP contribution in [0.25, 0.3) is 0 Å². The minimum Gasteiger partial charge on any atom is -0.497 e. The van der Waals surface area contributed by atoms with Crippen molar-refractivity contribution in [2.45, 2.75) is 32.7 Å². The second kappa shape index (κ2) is 11.8. The molecule has 0 aliphatic carbocycles. The van der Waals surface area contributed by atoms with Crippen molar-refractivity contribution in [3.63, 3.8) is 0 Å². The monoisotopic (exact) mass is 433 g/mol. The molecule has 0 heterocycles. The van der Waals surface area contributed by atoms with Gasteiger partial charge in [-0.2, -0.15) is 0 Å². The van der Waals surface area contributed by atoms with Crippen LogP contribution in [-0.2, 0) is 6.42 Å². The molecule has 0 aliphatic rings. The molecule has 0 aromatic heterocycles. The van der Waals surface area contributed by atoms with Crippen molar-refractivity contribution in [3.8, 4) is 17.2 Å². The van der Waals surface area contributed by atoms with E-state index in [1.54, 1.807) is 19.2 Å². The molecule has 0 aliphatic heterocycles. The van der Waals surface area contributed by atoms with Crippen molar-refractivity contribution in [3.05, 3.63) is 89.5 Å². The second-order valence-electron chi connectivity index (χ2n) is 7.35. The summed E-state index contributed by atoms with van der Waals surface area (Å²) in [6, 6.07) is 23.1. The predicted octanol–water partition coefficient (Wildman–Crippen LogP) is 5.60. The third-order valence-electron chi connectivity index (χ3n) is 5.17. The smallest absolute Gasteiger partial charge is 0.251 e. The molecule has 1 amide bonds. The number of ether oxygens (including phenoxy) is 3. The van der Waals surface area contributed by atoms with Crippen molar-refractivity contribution >= 4 is 5.91 Å². The van der Waals surface area contributed by atoms with Gasteiger partial charge in [0.2, 0.25) is 0 Å². The van der Waals surface area contributed by atoms with Crippen LogP contribution in [0.3, 0.4) is 0 Å². The van der Waals surface area contributed by atoms with Gasteiger partial charge < -0.3 is 19.5 Å². The van der Waals surface area contributed by atoms with Gasteiger partial charge in [0.15, 0.2) is 11.5 Å². The molecule has 5 heteroatoms. The number of nitrogens with one attached hydrogen (secondary N) is 1. The van der Waals surface area contributed by atoms with Gasteiger partial charge in [-0.25, -0.2) is 0 Å². The number of rotatable bonds is 11. The zero-order chi connectivity index (χ0) is 22.8. The number of methoxy groups -OCH3 is 1. The van der Waals surface area contributed by atoms with Crippen molar-refractivity contribution in [2.75, 3.05) is 20.3 Å². The molecule has 32 heavy (non-hydrogen) atoms. The minimum atomic E-state index is -0.191. The first-order chi connectivity index (χ1) is 15.6. The molecule has 5 nitrogen and oxygen atoms in total. The quantitative estimate of drug-likeness (QED) is 0.428. The normalized spacial score (nSPS) is 11.5. The molecule has 0 radical (unpaired) electrons. The number of amides is 1. The van der Waals surface area contributed by atoms with E-state index in [2.05, 4.69) is 17.4 Å². The summed E-state index contributed by atoms with van der Waals surface area (Å²) in [6.07, 6.45) is 1.58. The fourth-order valence-corrected chi connectivity index (χ4v) is 3.57. The van der Waals surface area contributed by atoms with Gasteiger partial charge in [-0.15, -0.1) is 0 Å². The lowest BCUT2D eigenvalue weighted by atomic mass is 9.98. The van der Waals surface area contributed by atoms with E-state index in [1.807, 2.05) is 62.4 Å². The molecule has 0 saturated carbocycles. The first-order valence-corrected chi connectivity index (χ1v) is 11.0.